The average molecular weight is 206 g/mol. The molecule has 14 heavy (non-hydrogen) atoms. The predicted octanol–water partition coefficient (Wildman–Crippen LogP) is 2.11. The van der Waals surface area contributed by atoms with Crippen LogP contribution in [0.25, 0.3) is 0 Å². The van der Waals surface area contributed by atoms with E-state index in [4.69, 9.17) is 0 Å². The number of aromatic nitrogens is 3. The third kappa shape index (κ3) is 2.05. The Labute approximate surface area is 86.1 Å². The van der Waals surface area contributed by atoms with E-state index in [0.29, 0.717) is 0 Å². The van der Waals surface area contributed by atoms with Crippen LogP contribution in [0, 0.1) is 0 Å². The van der Waals surface area contributed by atoms with Gasteiger partial charge in [0.1, 0.15) is 11.3 Å². The number of anilines is 1. The number of thiazole rings is 1. The van der Waals surface area contributed by atoms with Crippen LogP contribution in [-0.4, -0.2) is 15.0 Å². The van der Waals surface area contributed by atoms with Crippen molar-refractivity contribution < 1.29 is 0 Å². The standard InChI is InChI=1S/C9H10N4S/c1-7(9-12-2-3-14-9)13-8-4-10-6-11-5-8/h2-7,13H,1H3. The van der Waals surface area contributed by atoms with Crippen LogP contribution in [0.5, 0.6) is 0 Å². The Kier molecular flexibility index (Phi) is 2.69. The lowest BCUT2D eigenvalue weighted by Gasteiger charge is -2.11. The van der Waals surface area contributed by atoms with Crippen LogP contribution >= 0.6 is 11.3 Å². The Bertz CT molecular complexity index is 373. The monoisotopic (exact) mass is 206 g/mol. The van der Waals surface area contributed by atoms with Crippen molar-refractivity contribution in [3.63, 3.8) is 0 Å². The van der Waals surface area contributed by atoms with Gasteiger partial charge in [0.2, 0.25) is 0 Å². The maximum Gasteiger partial charge on any atom is 0.115 e. The molecule has 0 radical (unpaired) electrons. The third-order valence-electron chi connectivity index (χ3n) is 1.77. The molecule has 0 saturated heterocycles. The number of nitrogens with zero attached hydrogens (tertiary/aromatic N) is 3. The summed E-state index contributed by atoms with van der Waals surface area (Å²) < 4.78 is 0. The van der Waals surface area contributed by atoms with Gasteiger partial charge in [0, 0.05) is 11.6 Å². The van der Waals surface area contributed by atoms with Crippen LogP contribution < -0.4 is 5.32 Å². The van der Waals surface area contributed by atoms with Gasteiger partial charge in [0.25, 0.3) is 0 Å². The predicted molar refractivity (Wildman–Crippen MR) is 56.2 cm³/mol. The van der Waals surface area contributed by atoms with Crippen molar-refractivity contribution in [3.8, 4) is 0 Å². The zero-order valence-electron chi connectivity index (χ0n) is 7.71. The van der Waals surface area contributed by atoms with Crippen molar-refractivity contribution in [2.45, 2.75) is 13.0 Å². The van der Waals surface area contributed by atoms with E-state index in [9.17, 15) is 0 Å². The van der Waals surface area contributed by atoms with Gasteiger partial charge in [-0.25, -0.2) is 15.0 Å². The Balaban J connectivity index is 2.06. The summed E-state index contributed by atoms with van der Waals surface area (Å²) in [5, 5.41) is 6.30. The molecule has 0 spiro atoms. The highest BCUT2D eigenvalue weighted by Gasteiger charge is 2.06. The first kappa shape index (κ1) is 9.08. The third-order valence-corrected chi connectivity index (χ3v) is 2.72. The SMILES string of the molecule is CC(Nc1cncnc1)c1nccs1. The van der Waals surface area contributed by atoms with E-state index in [2.05, 4.69) is 27.2 Å². The van der Waals surface area contributed by atoms with E-state index in [1.807, 2.05) is 5.38 Å². The molecule has 0 aliphatic rings. The van der Waals surface area contributed by atoms with Crippen LogP contribution in [0.1, 0.15) is 18.0 Å². The molecular formula is C9H10N4S. The zero-order chi connectivity index (χ0) is 9.80. The van der Waals surface area contributed by atoms with E-state index >= 15 is 0 Å². The van der Waals surface area contributed by atoms with Crippen LogP contribution in [0.3, 0.4) is 0 Å². The molecule has 0 aromatic carbocycles. The largest absolute Gasteiger partial charge is 0.374 e. The van der Waals surface area contributed by atoms with Crippen molar-refractivity contribution in [1.82, 2.24) is 15.0 Å². The Morgan fingerprint density at radius 2 is 2.14 bits per heavy atom. The number of hydrogen-bond donors (Lipinski definition) is 1. The van der Waals surface area contributed by atoms with E-state index in [1.165, 1.54) is 6.33 Å². The maximum atomic E-state index is 4.23. The van der Waals surface area contributed by atoms with Crippen molar-refractivity contribution in [1.29, 1.82) is 0 Å². The lowest BCUT2D eigenvalue weighted by molar-refractivity contribution is 0.865. The number of rotatable bonds is 3. The second-order valence-corrected chi connectivity index (χ2v) is 3.79. The van der Waals surface area contributed by atoms with E-state index in [-0.39, 0.29) is 6.04 Å². The van der Waals surface area contributed by atoms with Gasteiger partial charge in [-0.05, 0) is 6.92 Å². The maximum absolute atomic E-state index is 4.23. The van der Waals surface area contributed by atoms with Gasteiger partial charge < -0.3 is 5.32 Å². The van der Waals surface area contributed by atoms with Gasteiger partial charge in [-0.2, -0.15) is 0 Å². The summed E-state index contributed by atoms with van der Waals surface area (Å²) in [7, 11) is 0. The molecule has 0 fully saturated rings. The summed E-state index contributed by atoms with van der Waals surface area (Å²) in [5.74, 6) is 0. The first-order chi connectivity index (χ1) is 6.86. The molecule has 72 valence electrons. The van der Waals surface area contributed by atoms with Crippen molar-refractivity contribution in [2.24, 2.45) is 0 Å². The fraction of sp³-hybridized carbons (Fsp3) is 0.222. The number of nitrogens with one attached hydrogen (secondary N) is 1. The molecule has 0 saturated carbocycles. The summed E-state index contributed by atoms with van der Waals surface area (Å²) >= 11 is 1.64. The quantitative estimate of drug-likeness (QED) is 0.835. The van der Waals surface area contributed by atoms with Crippen molar-refractivity contribution in [3.05, 3.63) is 35.3 Å². The van der Waals surface area contributed by atoms with Gasteiger partial charge in [0.05, 0.1) is 24.1 Å². The fourth-order valence-corrected chi connectivity index (χ4v) is 1.78. The Morgan fingerprint density at radius 1 is 1.36 bits per heavy atom. The van der Waals surface area contributed by atoms with Crippen LogP contribution in [0.4, 0.5) is 5.69 Å². The smallest absolute Gasteiger partial charge is 0.115 e. The summed E-state index contributed by atoms with van der Waals surface area (Å²) in [5.41, 5.74) is 0.912. The summed E-state index contributed by atoms with van der Waals surface area (Å²) in [6.07, 6.45) is 6.81. The molecule has 1 N–H and O–H groups in total. The lowest BCUT2D eigenvalue weighted by Crippen LogP contribution is -2.06. The molecule has 5 heteroatoms. The zero-order valence-corrected chi connectivity index (χ0v) is 8.53. The minimum Gasteiger partial charge on any atom is -0.374 e. The minimum absolute atomic E-state index is 0.195. The minimum atomic E-state index is 0.195. The Morgan fingerprint density at radius 3 is 2.79 bits per heavy atom. The van der Waals surface area contributed by atoms with Crippen LogP contribution in [-0.2, 0) is 0 Å². The molecule has 0 aliphatic carbocycles. The van der Waals surface area contributed by atoms with E-state index < -0.39 is 0 Å². The normalized spacial score (nSPS) is 12.4. The van der Waals surface area contributed by atoms with Gasteiger partial charge in [0.15, 0.2) is 0 Å². The molecule has 2 aromatic rings. The molecule has 2 heterocycles. The van der Waals surface area contributed by atoms with Gasteiger partial charge in [-0.3, -0.25) is 0 Å². The molecule has 1 unspecified atom stereocenters. The van der Waals surface area contributed by atoms with Crippen molar-refractivity contribution >= 4 is 17.0 Å². The topological polar surface area (TPSA) is 50.7 Å². The second-order valence-electron chi connectivity index (χ2n) is 2.86. The Hall–Kier alpha value is -1.49. The number of hydrogen-bond acceptors (Lipinski definition) is 5. The summed E-state index contributed by atoms with van der Waals surface area (Å²) in [4.78, 5) is 12.1. The lowest BCUT2D eigenvalue weighted by atomic mass is 10.3. The molecule has 2 aromatic heterocycles. The molecule has 4 nitrogen and oxygen atoms in total. The van der Waals surface area contributed by atoms with Crippen LogP contribution in [0.15, 0.2) is 30.3 Å². The van der Waals surface area contributed by atoms with E-state index in [1.54, 1.807) is 29.9 Å². The average Bonchev–Trinajstić information content (AvgIpc) is 2.72. The first-order valence-electron chi connectivity index (χ1n) is 4.27. The van der Waals surface area contributed by atoms with Gasteiger partial charge in [-0.1, -0.05) is 0 Å². The second kappa shape index (κ2) is 4.15. The molecule has 2 rings (SSSR count). The highest BCUT2D eigenvalue weighted by Crippen LogP contribution is 2.19. The molecule has 1 atom stereocenters. The van der Waals surface area contributed by atoms with Crippen LogP contribution in [0.2, 0.25) is 0 Å². The molecular weight excluding hydrogens is 196 g/mol. The van der Waals surface area contributed by atoms with Gasteiger partial charge >= 0.3 is 0 Å². The van der Waals surface area contributed by atoms with Gasteiger partial charge in [-0.15, -0.1) is 11.3 Å². The highest BCUT2D eigenvalue weighted by atomic mass is 32.1. The first-order valence-corrected chi connectivity index (χ1v) is 5.15. The highest BCUT2D eigenvalue weighted by molar-refractivity contribution is 7.09. The molecule has 0 aliphatic heterocycles. The van der Waals surface area contributed by atoms with Crippen molar-refractivity contribution in [2.75, 3.05) is 5.32 Å². The molecule has 0 bridgehead atoms. The summed E-state index contributed by atoms with van der Waals surface area (Å²) in [6, 6.07) is 0.195. The molecule has 0 amide bonds. The van der Waals surface area contributed by atoms with E-state index in [0.717, 1.165) is 10.7 Å². The summed E-state index contributed by atoms with van der Waals surface area (Å²) in [6.45, 7) is 2.06. The fourth-order valence-electron chi connectivity index (χ4n) is 1.13.